The van der Waals surface area contributed by atoms with Gasteiger partial charge in [-0.25, -0.2) is 4.68 Å². The Morgan fingerprint density at radius 2 is 2.43 bits per heavy atom. The SMILES string of the molecule is C=Cn1cc(C(O)C(N)C(=O)O)cn1. The third-order valence-electron chi connectivity index (χ3n) is 1.78. The molecular weight excluding hydrogens is 186 g/mol. The van der Waals surface area contributed by atoms with Crippen LogP contribution in [0.5, 0.6) is 0 Å². The Bertz CT molecular complexity index is 347. The van der Waals surface area contributed by atoms with E-state index >= 15 is 0 Å². The first kappa shape index (κ1) is 10.4. The number of aromatic nitrogens is 2. The highest BCUT2D eigenvalue weighted by Gasteiger charge is 2.24. The molecule has 0 saturated heterocycles. The number of carboxylic acid groups (broad SMARTS) is 1. The summed E-state index contributed by atoms with van der Waals surface area (Å²) < 4.78 is 1.35. The minimum atomic E-state index is -1.35. The molecule has 2 unspecified atom stereocenters. The van der Waals surface area contributed by atoms with E-state index in [-0.39, 0.29) is 0 Å². The van der Waals surface area contributed by atoms with Crippen LogP contribution >= 0.6 is 0 Å². The molecule has 6 heteroatoms. The largest absolute Gasteiger partial charge is 0.480 e. The lowest BCUT2D eigenvalue weighted by Crippen LogP contribution is -2.36. The number of hydrogen-bond donors (Lipinski definition) is 3. The maximum Gasteiger partial charge on any atom is 0.323 e. The molecule has 14 heavy (non-hydrogen) atoms. The van der Waals surface area contributed by atoms with E-state index in [9.17, 15) is 9.90 Å². The Kier molecular flexibility index (Phi) is 3.00. The van der Waals surface area contributed by atoms with Crippen molar-refractivity contribution in [3.63, 3.8) is 0 Å². The molecule has 0 amide bonds. The minimum absolute atomic E-state index is 0.347. The summed E-state index contributed by atoms with van der Waals surface area (Å²) in [4.78, 5) is 10.5. The third-order valence-corrected chi connectivity index (χ3v) is 1.78. The zero-order valence-electron chi connectivity index (χ0n) is 7.37. The molecule has 0 spiro atoms. The van der Waals surface area contributed by atoms with Gasteiger partial charge in [0, 0.05) is 18.0 Å². The Morgan fingerprint density at radius 3 is 2.86 bits per heavy atom. The number of carbonyl (C=O) groups is 1. The lowest BCUT2D eigenvalue weighted by molar-refractivity contribution is -0.141. The van der Waals surface area contributed by atoms with Crippen LogP contribution in [0, 0.1) is 0 Å². The molecule has 1 aromatic rings. The standard InChI is InChI=1S/C8H11N3O3/c1-2-11-4-5(3-10-11)7(12)6(9)8(13)14/h2-4,6-7,12H,1,9H2,(H,13,14). The molecule has 1 heterocycles. The molecule has 0 saturated carbocycles. The van der Waals surface area contributed by atoms with Gasteiger partial charge in [0.25, 0.3) is 0 Å². The van der Waals surface area contributed by atoms with E-state index in [1.807, 2.05) is 0 Å². The predicted molar refractivity (Wildman–Crippen MR) is 49.2 cm³/mol. The van der Waals surface area contributed by atoms with Crippen LogP contribution in [0.3, 0.4) is 0 Å². The molecule has 0 radical (unpaired) electrons. The summed E-state index contributed by atoms with van der Waals surface area (Å²) in [6, 6.07) is -1.35. The van der Waals surface area contributed by atoms with Crippen LogP contribution in [-0.2, 0) is 4.79 Å². The van der Waals surface area contributed by atoms with Crippen LogP contribution in [0.25, 0.3) is 6.20 Å². The van der Waals surface area contributed by atoms with Gasteiger partial charge >= 0.3 is 5.97 Å². The van der Waals surface area contributed by atoms with E-state index in [1.54, 1.807) is 0 Å². The van der Waals surface area contributed by atoms with E-state index in [0.717, 1.165) is 0 Å². The normalized spacial score (nSPS) is 14.7. The molecule has 6 nitrogen and oxygen atoms in total. The predicted octanol–water partition coefficient (Wildman–Crippen LogP) is -0.571. The van der Waals surface area contributed by atoms with Gasteiger partial charge in [0.2, 0.25) is 0 Å². The van der Waals surface area contributed by atoms with E-state index < -0.39 is 18.1 Å². The monoisotopic (exact) mass is 197 g/mol. The molecule has 76 valence electrons. The highest BCUT2D eigenvalue weighted by atomic mass is 16.4. The van der Waals surface area contributed by atoms with E-state index in [0.29, 0.717) is 5.56 Å². The first-order valence-corrected chi connectivity index (χ1v) is 3.89. The van der Waals surface area contributed by atoms with Crippen molar-refractivity contribution in [1.82, 2.24) is 9.78 Å². The van der Waals surface area contributed by atoms with Gasteiger partial charge in [-0.05, 0) is 0 Å². The summed E-state index contributed by atoms with van der Waals surface area (Å²) in [7, 11) is 0. The number of aliphatic carboxylic acids is 1. The molecule has 0 aliphatic heterocycles. The van der Waals surface area contributed by atoms with Crippen molar-refractivity contribution in [2.45, 2.75) is 12.1 Å². The van der Waals surface area contributed by atoms with Gasteiger partial charge in [-0.2, -0.15) is 5.10 Å². The average molecular weight is 197 g/mol. The number of hydrogen-bond acceptors (Lipinski definition) is 4. The Hall–Kier alpha value is -1.66. The first-order valence-electron chi connectivity index (χ1n) is 3.89. The number of carboxylic acids is 1. The summed E-state index contributed by atoms with van der Waals surface area (Å²) in [5.74, 6) is -1.26. The number of nitrogens with two attached hydrogens (primary N) is 1. The summed E-state index contributed by atoms with van der Waals surface area (Å²) in [5.41, 5.74) is 5.58. The smallest absolute Gasteiger partial charge is 0.323 e. The van der Waals surface area contributed by atoms with Crippen LogP contribution < -0.4 is 5.73 Å². The van der Waals surface area contributed by atoms with Crippen molar-refractivity contribution >= 4 is 12.2 Å². The van der Waals surface area contributed by atoms with Crippen LogP contribution in [0.2, 0.25) is 0 Å². The molecule has 0 aliphatic carbocycles. The molecule has 2 atom stereocenters. The molecule has 1 rings (SSSR count). The van der Waals surface area contributed by atoms with Crippen LogP contribution in [0.15, 0.2) is 19.0 Å². The lowest BCUT2D eigenvalue weighted by atomic mass is 10.1. The number of nitrogens with zero attached hydrogens (tertiary/aromatic N) is 2. The fraction of sp³-hybridized carbons (Fsp3) is 0.250. The second kappa shape index (κ2) is 4.03. The highest BCUT2D eigenvalue weighted by molar-refractivity contribution is 5.74. The van der Waals surface area contributed by atoms with Crippen molar-refractivity contribution in [1.29, 1.82) is 0 Å². The summed E-state index contributed by atoms with van der Waals surface area (Å²) in [6.07, 6.45) is 2.96. The zero-order valence-corrected chi connectivity index (χ0v) is 7.37. The number of rotatable bonds is 4. The van der Waals surface area contributed by atoms with Gasteiger partial charge in [-0.15, -0.1) is 0 Å². The fourth-order valence-electron chi connectivity index (χ4n) is 0.948. The molecule has 0 aromatic carbocycles. The average Bonchev–Trinajstić information content (AvgIpc) is 2.63. The van der Waals surface area contributed by atoms with E-state index in [1.165, 1.54) is 23.3 Å². The highest BCUT2D eigenvalue weighted by Crippen LogP contribution is 2.14. The Morgan fingerprint density at radius 1 is 1.79 bits per heavy atom. The van der Waals surface area contributed by atoms with Crippen molar-refractivity contribution in [2.24, 2.45) is 5.73 Å². The van der Waals surface area contributed by atoms with Crippen molar-refractivity contribution < 1.29 is 15.0 Å². The molecule has 1 aromatic heterocycles. The van der Waals surface area contributed by atoms with Crippen molar-refractivity contribution in [2.75, 3.05) is 0 Å². The maximum atomic E-state index is 10.5. The topological polar surface area (TPSA) is 101 Å². The second-order valence-electron chi connectivity index (χ2n) is 2.75. The van der Waals surface area contributed by atoms with Crippen LogP contribution in [0.1, 0.15) is 11.7 Å². The van der Waals surface area contributed by atoms with E-state index in [4.69, 9.17) is 10.8 Å². The fourth-order valence-corrected chi connectivity index (χ4v) is 0.948. The molecular formula is C8H11N3O3. The Labute approximate surface area is 80.3 Å². The number of aliphatic hydroxyl groups is 1. The summed E-state index contributed by atoms with van der Waals surface area (Å²) >= 11 is 0. The summed E-state index contributed by atoms with van der Waals surface area (Å²) in [6.45, 7) is 3.45. The van der Waals surface area contributed by atoms with Gasteiger partial charge in [0.1, 0.15) is 12.1 Å². The minimum Gasteiger partial charge on any atom is -0.480 e. The van der Waals surface area contributed by atoms with Crippen molar-refractivity contribution in [3.8, 4) is 0 Å². The first-order chi connectivity index (χ1) is 6.56. The molecule has 0 bridgehead atoms. The quantitative estimate of drug-likeness (QED) is 0.600. The maximum absolute atomic E-state index is 10.5. The Balaban J connectivity index is 2.83. The van der Waals surface area contributed by atoms with Gasteiger partial charge in [-0.1, -0.05) is 6.58 Å². The van der Waals surface area contributed by atoms with Crippen molar-refractivity contribution in [3.05, 3.63) is 24.5 Å². The summed E-state index contributed by atoms with van der Waals surface area (Å²) in [5, 5.41) is 21.8. The van der Waals surface area contributed by atoms with Crippen LogP contribution in [-0.4, -0.2) is 32.0 Å². The van der Waals surface area contributed by atoms with Gasteiger partial charge < -0.3 is 15.9 Å². The molecule has 0 fully saturated rings. The van der Waals surface area contributed by atoms with Gasteiger partial charge in [0.15, 0.2) is 0 Å². The lowest BCUT2D eigenvalue weighted by Gasteiger charge is -2.12. The third kappa shape index (κ3) is 1.98. The van der Waals surface area contributed by atoms with Gasteiger partial charge in [-0.3, -0.25) is 4.79 Å². The van der Waals surface area contributed by atoms with Gasteiger partial charge in [0.05, 0.1) is 6.20 Å². The molecule has 4 N–H and O–H groups in total. The number of aliphatic hydroxyl groups excluding tert-OH is 1. The molecule has 0 aliphatic rings. The second-order valence-corrected chi connectivity index (χ2v) is 2.75. The zero-order chi connectivity index (χ0) is 10.7. The van der Waals surface area contributed by atoms with E-state index in [2.05, 4.69) is 11.7 Å². The van der Waals surface area contributed by atoms with Crippen LogP contribution in [0.4, 0.5) is 0 Å².